The van der Waals surface area contributed by atoms with E-state index in [0.29, 0.717) is 0 Å². The summed E-state index contributed by atoms with van der Waals surface area (Å²) in [6.45, 7) is 5.97. The Morgan fingerprint density at radius 2 is 2.16 bits per heavy atom. The minimum absolute atomic E-state index is 0.00507. The van der Waals surface area contributed by atoms with Crippen molar-refractivity contribution in [2.24, 2.45) is 0 Å². The number of halogens is 1. The predicted octanol–water partition coefficient (Wildman–Crippen LogP) is 2.54. The van der Waals surface area contributed by atoms with Gasteiger partial charge in [0.05, 0.1) is 34.3 Å². The Bertz CT molecular complexity index is 511. The van der Waals surface area contributed by atoms with Gasteiger partial charge in [-0.15, -0.1) is 0 Å². The van der Waals surface area contributed by atoms with Crippen molar-refractivity contribution in [3.05, 3.63) is 40.6 Å². The molecular formula is C13H18BrN5. The third-order valence-corrected chi connectivity index (χ3v) is 3.49. The molecule has 0 fully saturated rings. The highest BCUT2D eigenvalue weighted by Gasteiger charge is 2.22. The largest absolute Gasteiger partial charge is 0.304 e. The summed E-state index contributed by atoms with van der Waals surface area (Å²) in [5.74, 6) is 0. The fourth-order valence-electron chi connectivity index (χ4n) is 2.00. The molecule has 0 radical (unpaired) electrons. The molecule has 2 aromatic rings. The van der Waals surface area contributed by atoms with Gasteiger partial charge in [-0.1, -0.05) is 6.92 Å². The Labute approximate surface area is 121 Å². The Kier molecular flexibility index (Phi) is 5.04. The first-order chi connectivity index (χ1) is 9.27. The van der Waals surface area contributed by atoms with E-state index >= 15 is 0 Å². The zero-order chi connectivity index (χ0) is 13.7. The van der Waals surface area contributed by atoms with Crippen LogP contribution < -0.4 is 5.32 Å². The maximum absolute atomic E-state index is 4.42. The van der Waals surface area contributed by atoms with Gasteiger partial charge in [0.15, 0.2) is 0 Å². The molecular weight excluding hydrogens is 306 g/mol. The molecule has 0 saturated heterocycles. The van der Waals surface area contributed by atoms with Crippen molar-refractivity contribution in [2.45, 2.75) is 32.9 Å². The topological polar surface area (TPSA) is 55.6 Å². The molecule has 2 aromatic heterocycles. The Morgan fingerprint density at radius 3 is 2.79 bits per heavy atom. The Hall–Kier alpha value is -1.27. The number of nitrogens with one attached hydrogen (secondary N) is 1. The van der Waals surface area contributed by atoms with Gasteiger partial charge >= 0.3 is 0 Å². The molecule has 102 valence electrons. The monoisotopic (exact) mass is 323 g/mol. The van der Waals surface area contributed by atoms with Gasteiger partial charge < -0.3 is 5.32 Å². The molecule has 0 aliphatic rings. The van der Waals surface area contributed by atoms with E-state index in [2.05, 4.69) is 50.2 Å². The molecule has 1 unspecified atom stereocenters. The SMILES string of the molecule is CCCNC(c1cnccn1)c1c(Br)cnn1CC. The number of aromatic nitrogens is 4. The number of rotatable bonds is 6. The Balaban J connectivity index is 2.40. The zero-order valence-electron chi connectivity index (χ0n) is 11.2. The Morgan fingerprint density at radius 1 is 1.32 bits per heavy atom. The normalized spacial score (nSPS) is 12.6. The summed E-state index contributed by atoms with van der Waals surface area (Å²) in [7, 11) is 0. The molecule has 1 atom stereocenters. The molecule has 0 aliphatic carbocycles. The molecule has 6 heteroatoms. The van der Waals surface area contributed by atoms with E-state index in [4.69, 9.17) is 0 Å². The summed E-state index contributed by atoms with van der Waals surface area (Å²) in [5.41, 5.74) is 2.00. The van der Waals surface area contributed by atoms with E-state index in [0.717, 1.165) is 35.4 Å². The van der Waals surface area contributed by atoms with Crippen LogP contribution in [0.1, 0.15) is 37.7 Å². The third-order valence-electron chi connectivity index (χ3n) is 2.88. The smallest absolute Gasteiger partial charge is 0.0949 e. The van der Waals surface area contributed by atoms with E-state index in [1.54, 1.807) is 18.6 Å². The standard InChI is InChI=1S/C13H18BrN5/c1-3-5-17-12(11-9-15-6-7-16-11)13-10(14)8-18-19(13)4-2/h6-9,12,17H,3-5H2,1-2H3. The molecule has 0 aliphatic heterocycles. The molecule has 0 spiro atoms. The maximum Gasteiger partial charge on any atom is 0.0949 e. The fourth-order valence-corrected chi connectivity index (χ4v) is 2.53. The number of hydrogen-bond acceptors (Lipinski definition) is 4. The predicted molar refractivity (Wildman–Crippen MR) is 77.8 cm³/mol. The van der Waals surface area contributed by atoms with Gasteiger partial charge in [0.1, 0.15) is 0 Å². The van der Waals surface area contributed by atoms with Crippen molar-refractivity contribution in [3.8, 4) is 0 Å². The van der Waals surface area contributed by atoms with E-state index in [1.807, 2.05) is 10.9 Å². The van der Waals surface area contributed by atoms with Crippen LogP contribution in [0.2, 0.25) is 0 Å². The van der Waals surface area contributed by atoms with Gasteiger partial charge in [-0.25, -0.2) is 0 Å². The van der Waals surface area contributed by atoms with E-state index in [1.165, 1.54) is 0 Å². The molecule has 1 N–H and O–H groups in total. The molecule has 19 heavy (non-hydrogen) atoms. The number of aryl methyl sites for hydroxylation is 1. The average Bonchev–Trinajstić information content (AvgIpc) is 2.82. The van der Waals surface area contributed by atoms with E-state index in [-0.39, 0.29) is 6.04 Å². The first kappa shape index (κ1) is 14.1. The molecule has 2 rings (SSSR count). The van der Waals surface area contributed by atoms with Crippen LogP contribution in [0.25, 0.3) is 0 Å². The van der Waals surface area contributed by atoms with Gasteiger partial charge in [0.2, 0.25) is 0 Å². The summed E-state index contributed by atoms with van der Waals surface area (Å²) in [5, 5.41) is 7.88. The fraction of sp³-hybridized carbons (Fsp3) is 0.462. The summed E-state index contributed by atoms with van der Waals surface area (Å²) in [6, 6.07) is 0.00507. The number of nitrogens with zero attached hydrogens (tertiary/aromatic N) is 4. The zero-order valence-corrected chi connectivity index (χ0v) is 12.8. The van der Waals surface area contributed by atoms with Crippen LogP contribution in [-0.2, 0) is 6.54 Å². The first-order valence-corrected chi connectivity index (χ1v) is 7.27. The summed E-state index contributed by atoms with van der Waals surface area (Å²) in [4.78, 5) is 8.58. The molecule has 0 amide bonds. The lowest BCUT2D eigenvalue weighted by Gasteiger charge is -2.19. The van der Waals surface area contributed by atoms with Crippen LogP contribution in [0.5, 0.6) is 0 Å². The van der Waals surface area contributed by atoms with Gasteiger partial charge in [-0.05, 0) is 35.8 Å². The van der Waals surface area contributed by atoms with Gasteiger partial charge in [-0.2, -0.15) is 5.10 Å². The van der Waals surface area contributed by atoms with Crippen molar-refractivity contribution in [1.29, 1.82) is 0 Å². The van der Waals surface area contributed by atoms with Crippen LogP contribution >= 0.6 is 15.9 Å². The second-order valence-corrected chi connectivity index (χ2v) is 5.07. The minimum atomic E-state index is 0.00507. The molecule has 0 bridgehead atoms. The average molecular weight is 324 g/mol. The van der Waals surface area contributed by atoms with Crippen molar-refractivity contribution in [2.75, 3.05) is 6.54 Å². The van der Waals surface area contributed by atoms with Crippen LogP contribution in [0.4, 0.5) is 0 Å². The van der Waals surface area contributed by atoms with Gasteiger partial charge in [-0.3, -0.25) is 14.6 Å². The van der Waals surface area contributed by atoms with Crippen molar-refractivity contribution >= 4 is 15.9 Å². The van der Waals surface area contributed by atoms with E-state index < -0.39 is 0 Å². The second kappa shape index (κ2) is 6.77. The highest BCUT2D eigenvalue weighted by molar-refractivity contribution is 9.10. The lowest BCUT2D eigenvalue weighted by molar-refractivity contribution is 0.519. The summed E-state index contributed by atoms with van der Waals surface area (Å²) >= 11 is 3.58. The first-order valence-electron chi connectivity index (χ1n) is 6.48. The second-order valence-electron chi connectivity index (χ2n) is 4.21. The van der Waals surface area contributed by atoms with Crippen LogP contribution in [0.15, 0.2) is 29.3 Å². The quantitative estimate of drug-likeness (QED) is 0.887. The van der Waals surface area contributed by atoms with Crippen LogP contribution in [0.3, 0.4) is 0 Å². The molecule has 0 saturated carbocycles. The molecule has 5 nitrogen and oxygen atoms in total. The van der Waals surface area contributed by atoms with Crippen molar-refractivity contribution in [3.63, 3.8) is 0 Å². The van der Waals surface area contributed by atoms with Crippen molar-refractivity contribution in [1.82, 2.24) is 25.1 Å². The summed E-state index contributed by atoms with van der Waals surface area (Å²) in [6.07, 6.45) is 8.10. The van der Waals surface area contributed by atoms with E-state index in [9.17, 15) is 0 Å². The highest BCUT2D eigenvalue weighted by atomic mass is 79.9. The van der Waals surface area contributed by atoms with Gasteiger partial charge in [0.25, 0.3) is 0 Å². The van der Waals surface area contributed by atoms with Gasteiger partial charge in [0, 0.05) is 18.9 Å². The van der Waals surface area contributed by atoms with Crippen LogP contribution in [-0.4, -0.2) is 26.3 Å². The molecule has 0 aromatic carbocycles. The lowest BCUT2D eigenvalue weighted by Crippen LogP contribution is -2.27. The van der Waals surface area contributed by atoms with Crippen LogP contribution in [0, 0.1) is 0 Å². The number of hydrogen-bond donors (Lipinski definition) is 1. The lowest BCUT2D eigenvalue weighted by atomic mass is 10.1. The summed E-state index contributed by atoms with van der Waals surface area (Å²) < 4.78 is 2.97. The van der Waals surface area contributed by atoms with Crippen molar-refractivity contribution < 1.29 is 0 Å². The highest BCUT2D eigenvalue weighted by Crippen LogP contribution is 2.27. The third kappa shape index (κ3) is 3.19. The minimum Gasteiger partial charge on any atom is -0.304 e. The maximum atomic E-state index is 4.42. The molecule has 2 heterocycles.